The van der Waals surface area contributed by atoms with Crippen molar-refractivity contribution >= 4 is 11.0 Å². The van der Waals surface area contributed by atoms with Crippen LogP contribution in [-0.4, -0.2) is 37.3 Å². The van der Waals surface area contributed by atoms with Crippen molar-refractivity contribution in [2.24, 2.45) is 5.92 Å². The predicted molar refractivity (Wildman–Crippen MR) is 83.2 cm³/mol. The van der Waals surface area contributed by atoms with Gasteiger partial charge >= 0.3 is 0 Å². The summed E-state index contributed by atoms with van der Waals surface area (Å²) in [5.41, 5.74) is 2.00. The first kappa shape index (κ1) is 14.2. The fraction of sp³-hybridized carbons (Fsp3) is 0.562. The Labute approximate surface area is 125 Å². The summed E-state index contributed by atoms with van der Waals surface area (Å²) < 4.78 is 10.7. The first-order chi connectivity index (χ1) is 10.1. The van der Waals surface area contributed by atoms with Gasteiger partial charge in [0.15, 0.2) is 11.5 Å². The fourth-order valence-corrected chi connectivity index (χ4v) is 3.25. The van der Waals surface area contributed by atoms with Gasteiger partial charge in [0.2, 0.25) is 0 Å². The van der Waals surface area contributed by atoms with Crippen LogP contribution in [0.25, 0.3) is 11.0 Å². The average Bonchev–Trinajstić information content (AvgIpc) is 3.12. The summed E-state index contributed by atoms with van der Waals surface area (Å²) in [5.74, 6) is 3.03. The third kappa shape index (κ3) is 2.16. The SMILES string of the molecule is COc1cc2nc(C3(C(C)C)CCNC3)[nH]c2cc1OC. The van der Waals surface area contributed by atoms with Crippen molar-refractivity contribution < 1.29 is 9.47 Å². The lowest BCUT2D eigenvalue weighted by molar-refractivity contribution is 0.321. The van der Waals surface area contributed by atoms with Crippen LogP contribution in [0.1, 0.15) is 26.1 Å². The van der Waals surface area contributed by atoms with Crippen LogP contribution >= 0.6 is 0 Å². The van der Waals surface area contributed by atoms with Crippen LogP contribution in [0.5, 0.6) is 11.5 Å². The molecule has 0 radical (unpaired) electrons. The Balaban J connectivity index is 2.12. The van der Waals surface area contributed by atoms with Gasteiger partial charge in [-0.15, -0.1) is 0 Å². The van der Waals surface area contributed by atoms with Gasteiger partial charge in [-0.1, -0.05) is 13.8 Å². The number of nitrogens with one attached hydrogen (secondary N) is 2. The molecule has 1 unspecified atom stereocenters. The van der Waals surface area contributed by atoms with E-state index in [1.165, 1.54) is 0 Å². The van der Waals surface area contributed by atoms with Crippen molar-refractivity contribution in [1.29, 1.82) is 0 Å². The second-order valence-corrected chi connectivity index (χ2v) is 6.05. The zero-order valence-electron chi connectivity index (χ0n) is 13.1. The number of benzene rings is 1. The normalized spacial score (nSPS) is 22.1. The summed E-state index contributed by atoms with van der Waals surface area (Å²) in [7, 11) is 3.30. The minimum absolute atomic E-state index is 0.0828. The summed E-state index contributed by atoms with van der Waals surface area (Å²) in [5, 5.41) is 3.47. The van der Waals surface area contributed by atoms with E-state index in [4.69, 9.17) is 14.5 Å². The van der Waals surface area contributed by atoms with Crippen molar-refractivity contribution in [1.82, 2.24) is 15.3 Å². The molecule has 1 aliphatic heterocycles. The molecule has 0 spiro atoms. The number of aromatic amines is 1. The Morgan fingerprint density at radius 3 is 2.48 bits per heavy atom. The highest BCUT2D eigenvalue weighted by atomic mass is 16.5. The monoisotopic (exact) mass is 289 g/mol. The maximum absolute atomic E-state index is 5.37. The molecule has 114 valence electrons. The average molecular weight is 289 g/mol. The van der Waals surface area contributed by atoms with E-state index in [1.54, 1.807) is 14.2 Å². The van der Waals surface area contributed by atoms with Crippen LogP contribution in [0, 0.1) is 5.92 Å². The molecular weight excluding hydrogens is 266 g/mol. The molecule has 2 aromatic rings. The lowest BCUT2D eigenvalue weighted by atomic mass is 9.76. The summed E-state index contributed by atoms with van der Waals surface area (Å²) in [4.78, 5) is 8.34. The largest absolute Gasteiger partial charge is 0.493 e. The molecule has 0 saturated carbocycles. The number of hydrogen-bond donors (Lipinski definition) is 2. The number of ether oxygens (including phenoxy) is 2. The second kappa shape index (κ2) is 5.22. The van der Waals surface area contributed by atoms with Crippen molar-refractivity contribution in [2.75, 3.05) is 27.3 Å². The number of imidazole rings is 1. The van der Waals surface area contributed by atoms with E-state index >= 15 is 0 Å². The summed E-state index contributed by atoms with van der Waals surface area (Å²) in [6.45, 7) is 6.54. The number of aromatic nitrogens is 2. The number of methoxy groups -OCH3 is 2. The third-order valence-electron chi connectivity index (χ3n) is 4.75. The van der Waals surface area contributed by atoms with E-state index in [9.17, 15) is 0 Å². The van der Waals surface area contributed by atoms with Gasteiger partial charge in [-0.2, -0.15) is 0 Å². The van der Waals surface area contributed by atoms with Crippen molar-refractivity contribution in [3.05, 3.63) is 18.0 Å². The van der Waals surface area contributed by atoms with Crippen LogP contribution in [0.4, 0.5) is 0 Å². The van der Waals surface area contributed by atoms with Gasteiger partial charge in [-0.25, -0.2) is 4.98 Å². The first-order valence-corrected chi connectivity index (χ1v) is 7.43. The number of rotatable bonds is 4. The van der Waals surface area contributed by atoms with E-state index in [-0.39, 0.29) is 5.41 Å². The molecule has 1 aromatic heterocycles. The predicted octanol–water partition coefficient (Wildman–Crippen LogP) is 2.47. The molecule has 2 heterocycles. The Morgan fingerprint density at radius 1 is 1.19 bits per heavy atom. The highest BCUT2D eigenvalue weighted by Gasteiger charge is 2.41. The molecule has 1 atom stereocenters. The van der Waals surface area contributed by atoms with E-state index in [1.807, 2.05) is 12.1 Å². The van der Waals surface area contributed by atoms with Crippen molar-refractivity contribution in [3.8, 4) is 11.5 Å². The van der Waals surface area contributed by atoms with Gasteiger partial charge in [0.05, 0.1) is 25.3 Å². The zero-order chi connectivity index (χ0) is 15.0. The van der Waals surface area contributed by atoms with Gasteiger partial charge in [0, 0.05) is 24.1 Å². The molecular formula is C16H23N3O2. The summed E-state index contributed by atoms with van der Waals surface area (Å²) >= 11 is 0. The maximum atomic E-state index is 5.37. The van der Waals surface area contributed by atoms with Gasteiger partial charge in [-0.05, 0) is 18.9 Å². The van der Waals surface area contributed by atoms with Crippen LogP contribution < -0.4 is 14.8 Å². The molecule has 0 bridgehead atoms. The zero-order valence-corrected chi connectivity index (χ0v) is 13.1. The lowest BCUT2D eigenvalue weighted by Gasteiger charge is -2.30. The lowest BCUT2D eigenvalue weighted by Crippen LogP contribution is -2.35. The van der Waals surface area contributed by atoms with Gasteiger partial charge in [0.1, 0.15) is 5.82 Å². The smallest absolute Gasteiger partial charge is 0.163 e. The number of nitrogens with zero attached hydrogens (tertiary/aromatic N) is 1. The Hall–Kier alpha value is -1.75. The molecule has 1 aliphatic rings. The molecule has 0 amide bonds. The van der Waals surface area contributed by atoms with E-state index < -0.39 is 0 Å². The van der Waals surface area contributed by atoms with Gasteiger partial charge in [-0.3, -0.25) is 0 Å². The Morgan fingerprint density at radius 2 is 1.90 bits per heavy atom. The van der Waals surface area contributed by atoms with E-state index in [2.05, 4.69) is 24.1 Å². The highest BCUT2D eigenvalue weighted by molar-refractivity contribution is 5.80. The molecule has 5 heteroatoms. The van der Waals surface area contributed by atoms with Crippen molar-refractivity contribution in [3.63, 3.8) is 0 Å². The van der Waals surface area contributed by atoms with Crippen LogP contribution in [-0.2, 0) is 5.41 Å². The second-order valence-electron chi connectivity index (χ2n) is 6.05. The minimum atomic E-state index is 0.0828. The molecule has 21 heavy (non-hydrogen) atoms. The number of fused-ring (bicyclic) bond motifs is 1. The number of hydrogen-bond acceptors (Lipinski definition) is 4. The first-order valence-electron chi connectivity index (χ1n) is 7.43. The molecule has 0 aliphatic carbocycles. The highest BCUT2D eigenvalue weighted by Crippen LogP contribution is 2.38. The molecule has 2 N–H and O–H groups in total. The van der Waals surface area contributed by atoms with E-state index in [0.717, 1.165) is 42.1 Å². The van der Waals surface area contributed by atoms with Crippen molar-refractivity contribution in [2.45, 2.75) is 25.7 Å². The topological polar surface area (TPSA) is 59.2 Å². The van der Waals surface area contributed by atoms with Crippen LogP contribution in [0.3, 0.4) is 0 Å². The van der Waals surface area contributed by atoms with E-state index in [0.29, 0.717) is 11.7 Å². The van der Waals surface area contributed by atoms with Crippen LogP contribution in [0.15, 0.2) is 12.1 Å². The minimum Gasteiger partial charge on any atom is -0.493 e. The molecule has 1 fully saturated rings. The third-order valence-corrected chi connectivity index (χ3v) is 4.75. The van der Waals surface area contributed by atoms with Gasteiger partial charge < -0.3 is 19.8 Å². The molecule has 5 nitrogen and oxygen atoms in total. The Kier molecular flexibility index (Phi) is 3.53. The standard InChI is InChI=1S/C16H23N3O2/c1-10(2)16(5-6-17-9-16)15-18-11-7-13(20-3)14(21-4)8-12(11)19-15/h7-8,10,17H,5-6,9H2,1-4H3,(H,18,19). The number of H-pyrrole nitrogens is 1. The Bertz CT molecular complexity index is 601. The van der Waals surface area contributed by atoms with Gasteiger partial charge in [0.25, 0.3) is 0 Å². The van der Waals surface area contributed by atoms with Crippen LogP contribution in [0.2, 0.25) is 0 Å². The fourth-order valence-electron chi connectivity index (χ4n) is 3.25. The molecule has 1 saturated heterocycles. The quantitative estimate of drug-likeness (QED) is 0.908. The molecule has 1 aromatic carbocycles. The summed E-state index contributed by atoms with van der Waals surface area (Å²) in [6.07, 6.45) is 1.11. The molecule has 3 rings (SSSR count). The maximum Gasteiger partial charge on any atom is 0.163 e. The summed E-state index contributed by atoms with van der Waals surface area (Å²) in [6, 6.07) is 3.89.